The maximum atomic E-state index is 13.0. The van der Waals surface area contributed by atoms with E-state index in [0.29, 0.717) is 6.61 Å². The average Bonchev–Trinajstić information content (AvgIpc) is 2.63. The quantitative estimate of drug-likeness (QED) is 0.601. The fraction of sp³-hybridized carbons (Fsp3) is 0.667. The summed E-state index contributed by atoms with van der Waals surface area (Å²) >= 11 is 0. The molecule has 2 aliphatic rings. The molecule has 1 aromatic rings. The second kappa shape index (κ2) is 7.69. The number of ether oxygens (including phenoxy) is 1. The standard InChI is InChI=1S/C21H32NO2/c1-22(15-9-4-10-16-22)17-18-24-20(23)21(13-7-3-8-14-21)19-11-5-2-6-12-19/h2,5-6,11-12H,3-4,7-10,13-18H2,1H3/q+1. The van der Waals surface area contributed by atoms with E-state index in [4.69, 9.17) is 4.74 Å². The van der Waals surface area contributed by atoms with E-state index in [1.807, 2.05) is 18.2 Å². The Morgan fingerprint density at radius 2 is 1.62 bits per heavy atom. The molecule has 0 radical (unpaired) electrons. The molecular weight excluding hydrogens is 298 g/mol. The lowest BCUT2D eigenvalue weighted by Crippen LogP contribution is -2.50. The van der Waals surface area contributed by atoms with E-state index in [1.165, 1.54) is 38.8 Å². The minimum Gasteiger partial charge on any atom is -0.459 e. The van der Waals surface area contributed by atoms with Crippen LogP contribution >= 0.6 is 0 Å². The molecule has 1 aliphatic carbocycles. The first kappa shape index (κ1) is 17.5. The number of rotatable bonds is 5. The minimum absolute atomic E-state index is 0.0111. The average molecular weight is 330 g/mol. The summed E-state index contributed by atoms with van der Waals surface area (Å²) in [7, 11) is 2.31. The molecule has 24 heavy (non-hydrogen) atoms. The molecule has 3 heteroatoms. The second-order valence-corrected chi connectivity index (χ2v) is 8.00. The van der Waals surface area contributed by atoms with Crippen LogP contribution in [0.15, 0.2) is 30.3 Å². The largest absolute Gasteiger partial charge is 0.459 e. The Morgan fingerprint density at radius 3 is 2.29 bits per heavy atom. The number of nitrogens with zero attached hydrogens (tertiary/aromatic N) is 1. The molecule has 2 fully saturated rings. The maximum Gasteiger partial charge on any atom is 0.316 e. The molecule has 0 spiro atoms. The molecule has 3 nitrogen and oxygen atoms in total. The lowest BCUT2D eigenvalue weighted by atomic mass is 9.69. The van der Waals surface area contributed by atoms with Crippen molar-refractivity contribution in [3.8, 4) is 0 Å². The van der Waals surface area contributed by atoms with Gasteiger partial charge in [0.15, 0.2) is 0 Å². The van der Waals surface area contributed by atoms with Gasteiger partial charge in [0.2, 0.25) is 0 Å². The molecule has 0 N–H and O–H groups in total. The first-order chi connectivity index (χ1) is 11.6. The molecular formula is C21H32NO2+. The van der Waals surface area contributed by atoms with Gasteiger partial charge in [-0.25, -0.2) is 0 Å². The summed E-state index contributed by atoms with van der Waals surface area (Å²) in [5.41, 5.74) is 0.744. The summed E-state index contributed by atoms with van der Waals surface area (Å²) < 4.78 is 6.91. The third kappa shape index (κ3) is 3.83. The molecule has 0 aromatic heterocycles. The smallest absolute Gasteiger partial charge is 0.316 e. The normalized spacial score (nSPS) is 22.7. The van der Waals surface area contributed by atoms with E-state index in [1.54, 1.807) is 0 Å². The third-order valence-corrected chi connectivity index (χ3v) is 6.18. The fourth-order valence-electron chi connectivity index (χ4n) is 4.52. The molecule has 1 aromatic carbocycles. The van der Waals surface area contributed by atoms with Crippen molar-refractivity contribution in [3.05, 3.63) is 35.9 Å². The zero-order valence-electron chi connectivity index (χ0n) is 15.1. The van der Waals surface area contributed by atoms with Gasteiger partial charge in [-0.15, -0.1) is 0 Å². The highest BCUT2D eigenvalue weighted by Crippen LogP contribution is 2.40. The van der Waals surface area contributed by atoms with Crippen molar-refractivity contribution < 1.29 is 14.0 Å². The van der Waals surface area contributed by atoms with Crippen molar-refractivity contribution in [1.29, 1.82) is 0 Å². The van der Waals surface area contributed by atoms with E-state index in [0.717, 1.165) is 42.3 Å². The van der Waals surface area contributed by atoms with Crippen molar-refractivity contribution in [2.24, 2.45) is 0 Å². The van der Waals surface area contributed by atoms with Gasteiger partial charge in [0.25, 0.3) is 0 Å². The van der Waals surface area contributed by atoms with Crippen LogP contribution in [-0.2, 0) is 14.9 Å². The number of benzene rings is 1. The van der Waals surface area contributed by atoms with Crippen LogP contribution in [0.5, 0.6) is 0 Å². The highest BCUT2D eigenvalue weighted by Gasteiger charge is 2.42. The summed E-state index contributed by atoms with van der Waals surface area (Å²) in [6.07, 6.45) is 9.30. The molecule has 0 unspecified atom stereocenters. The lowest BCUT2D eigenvalue weighted by molar-refractivity contribution is -0.914. The van der Waals surface area contributed by atoms with Gasteiger partial charge in [-0.1, -0.05) is 49.6 Å². The van der Waals surface area contributed by atoms with E-state index in [9.17, 15) is 4.79 Å². The number of likely N-dealkylation sites (tertiary alicyclic amines) is 1. The number of esters is 1. The third-order valence-electron chi connectivity index (χ3n) is 6.18. The van der Waals surface area contributed by atoms with E-state index in [-0.39, 0.29) is 5.97 Å². The lowest BCUT2D eigenvalue weighted by Gasteiger charge is -2.38. The van der Waals surface area contributed by atoms with Crippen LogP contribution in [0.1, 0.15) is 56.9 Å². The fourth-order valence-corrected chi connectivity index (χ4v) is 4.52. The molecule has 1 saturated heterocycles. The molecule has 0 atom stereocenters. The maximum absolute atomic E-state index is 13.0. The molecule has 132 valence electrons. The van der Waals surface area contributed by atoms with Crippen molar-refractivity contribution in [2.75, 3.05) is 33.3 Å². The van der Waals surface area contributed by atoms with Gasteiger partial charge in [-0.05, 0) is 37.7 Å². The molecule has 0 amide bonds. The monoisotopic (exact) mass is 330 g/mol. The van der Waals surface area contributed by atoms with Gasteiger partial charge in [-0.2, -0.15) is 0 Å². The molecule has 1 saturated carbocycles. The van der Waals surface area contributed by atoms with Gasteiger partial charge in [0.05, 0.1) is 25.6 Å². The zero-order chi connectivity index (χ0) is 16.9. The molecule has 0 bridgehead atoms. The van der Waals surface area contributed by atoms with Crippen molar-refractivity contribution in [3.63, 3.8) is 0 Å². The summed E-state index contributed by atoms with van der Waals surface area (Å²) in [4.78, 5) is 13.0. The van der Waals surface area contributed by atoms with Crippen LogP contribution < -0.4 is 0 Å². The summed E-state index contributed by atoms with van der Waals surface area (Å²) in [5.74, 6) is 0.0111. The number of hydrogen-bond acceptors (Lipinski definition) is 2. The van der Waals surface area contributed by atoms with Crippen LogP contribution in [0, 0.1) is 0 Å². The predicted octanol–water partition coefficient (Wildman–Crippen LogP) is 4.06. The first-order valence-corrected chi connectivity index (χ1v) is 9.71. The Balaban J connectivity index is 1.64. The van der Waals surface area contributed by atoms with Gasteiger partial charge in [-0.3, -0.25) is 4.79 Å². The molecule has 3 rings (SSSR count). The summed E-state index contributed by atoms with van der Waals surface area (Å²) in [5, 5.41) is 0. The minimum atomic E-state index is -0.403. The first-order valence-electron chi connectivity index (χ1n) is 9.71. The van der Waals surface area contributed by atoms with Crippen molar-refractivity contribution in [1.82, 2.24) is 0 Å². The molecule has 1 aliphatic heterocycles. The van der Waals surface area contributed by atoms with E-state index < -0.39 is 5.41 Å². The summed E-state index contributed by atoms with van der Waals surface area (Å²) in [6, 6.07) is 10.3. The SMILES string of the molecule is C[N+]1(CCOC(=O)C2(c3ccccc3)CCCCC2)CCCCC1. The van der Waals surface area contributed by atoms with Crippen LogP contribution in [0.2, 0.25) is 0 Å². The van der Waals surface area contributed by atoms with Crippen molar-refractivity contribution in [2.45, 2.75) is 56.8 Å². The van der Waals surface area contributed by atoms with Crippen LogP contribution in [-0.4, -0.2) is 43.7 Å². The number of piperidine rings is 1. The summed E-state index contributed by atoms with van der Waals surface area (Å²) in [6.45, 7) is 3.96. The van der Waals surface area contributed by atoms with Crippen LogP contribution in [0.25, 0.3) is 0 Å². The van der Waals surface area contributed by atoms with Crippen LogP contribution in [0.4, 0.5) is 0 Å². The second-order valence-electron chi connectivity index (χ2n) is 8.00. The van der Waals surface area contributed by atoms with Crippen molar-refractivity contribution >= 4 is 5.97 Å². The number of hydrogen-bond donors (Lipinski definition) is 0. The Labute approximate surface area is 146 Å². The van der Waals surface area contributed by atoms with E-state index >= 15 is 0 Å². The highest BCUT2D eigenvalue weighted by atomic mass is 16.5. The Hall–Kier alpha value is -1.35. The Bertz CT molecular complexity index is 528. The Kier molecular flexibility index (Phi) is 5.60. The predicted molar refractivity (Wildman–Crippen MR) is 96.8 cm³/mol. The van der Waals surface area contributed by atoms with Gasteiger partial charge >= 0.3 is 5.97 Å². The topological polar surface area (TPSA) is 26.3 Å². The zero-order valence-corrected chi connectivity index (χ0v) is 15.1. The van der Waals surface area contributed by atoms with Gasteiger partial charge < -0.3 is 9.22 Å². The van der Waals surface area contributed by atoms with E-state index in [2.05, 4.69) is 19.2 Å². The Morgan fingerprint density at radius 1 is 1.00 bits per heavy atom. The number of carbonyl (C=O) groups excluding carboxylic acids is 1. The number of likely N-dealkylation sites (N-methyl/N-ethyl adjacent to an activating group) is 1. The van der Waals surface area contributed by atoms with Gasteiger partial charge in [0.1, 0.15) is 13.2 Å². The highest BCUT2D eigenvalue weighted by molar-refractivity contribution is 5.83. The van der Waals surface area contributed by atoms with Gasteiger partial charge in [0, 0.05) is 0 Å². The number of quaternary nitrogens is 1. The number of carbonyl (C=O) groups is 1. The molecule has 1 heterocycles. The van der Waals surface area contributed by atoms with Crippen LogP contribution in [0.3, 0.4) is 0 Å².